The van der Waals surface area contributed by atoms with Crippen molar-refractivity contribution in [2.45, 2.75) is 32.4 Å². The zero-order valence-electron chi connectivity index (χ0n) is 9.39. The van der Waals surface area contributed by atoms with Crippen molar-refractivity contribution in [2.24, 2.45) is 4.99 Å². The van der Waals surface area contributed by atoms with Crippen LogP contribution in [-0.4, -0.2) is 11.3 Å². The smallest absolute Gasteiger partial charge is 0.232 e. The second kappa shape index (κ2) is 6.05. The van der Waals surface area contributed by atoms with E-state index in [4.69, 9.17) is 11.6 Å². The molecule has 0 aromatic heterocycles. The monoisotopic (exact) mass is 263 g/mol. The van der Waals surface area contributed by atoms with Crippen molar-refractivity contribution in [3.8, 4) is 0 Å². The van der Waals surface area contributed by atoms with Crippen molar-refractivity contribution < 1.29 is 13.2 Å². The Hall–Kier alpha value is -1.03. The quantitative estimate of drug-likeness (QED) is 0.688. The highest BCUT2D eigenvalue weighted by atomic mass is 35.5. The molecule has 0 fully saturated rings. The third-order valence-corrected chi connectivity index (χ3v) is 2.52. The Labute approximate surface area is 103 Å². The SMILES string of the molecule is CCCCc1ccc(N=C(Cl)C(F)(F)F)cc1. The van der Waals surface area contributed by atoms with Crippen LogP contribution >= 0.6 is 11.6 Å². The molecule has 0 aliphatic rings. The van der Waals surface area contributed by atoms with E-state index < -0.39 is 11.3 Å². The van der Waals surface area contributed by atoms with Crippen molar-refractivity contribution in [2.75, 3.05) is 0 Å². The Morgan fingerprint density at radius 2 is 1.82 bits per heavy atom. The van der Waals surface area contributed by atoms with Gasteiger partial charge in [0.25, 0.3) is 0 Å². The van der Waals surface area contributed by atoms with E-state index in [0.717, 1.165) is 24.8 Å². The molecule has 0 N–H and O–H groups in total. The predicted octanol–water partition coefficient (Wildman–Crippen LogP) is 4.86. The first-order valence-corrected chi connectivity index (χ1v) is 5.71. The van der Waals surface area contributed by atoms with Gasteiger partial charge in [-0.2, -0.15) is 13.2 Å². The summed E-state index contributed by atoms with van der Waals surface area (Å²) in [6.07, 6.45) is -1.51. The highest BCUT2D eigenvalue weighted by molar-refractivity contribution is 6.67. The van der Waals surface area contributed by atoms with Crippen LogP contribution in [0.2, 0.25) is 0 Å². The summed E-state index contributed by atoms with van der Waals surface area (Å²) in [6.45, 7) is 2.09. The summed E-state index contributed by atoms with van der Waals surface area (Å²) in [7, 11) is 0. The molecule has 5 heteroatoms. The second-order valence-corrected chi connectivity index (χ2v) is 4.03. The lowest BCUT2D eigenvalue weighted by atomic mass is 10.1. The zero-order chi connectivity index (χ0) is 12.9. The number of rotatable bonds is 4. The van der Waals surface area contributed by atoms with Gasteiger partial charge in [0.2, 0.25) is 5.17 Å². The fraction of sp³-hybridized carbons (Fsp3) is 0.417. The standard InChI is InChI=1S/C12H13ClF3N/c1-2-3-4-9-5-7-10(8-6-9)17-11(13)12(14,15)16/h5-8H,2-4H2,1H3. The van der Waals surface area contributed by atoms with Crippen LogP contribution in [0.25, 0.3) is 0 Å². The number of benzene rings is 1. The fourth-order valence-electron chi connectivity index (χ4n) is 1.29. The molecule has 0 bridgehead atoms. The van der Waals surface area contributed by atoms with E-state index in [1.807, 2.05) is 0 Å². The van der Waals surface area contributed by atoms with Gasteiger partial charge in [-0.3, -0.25) is 0 Å². The van der Waals surface area contributed by atoms with Crippen LogP contribution in [-0.2, 0) is 6.42 Å². The van der Waals surface area contributed by atoms with Crippen molar-refractivity contribution in [3.63, 3.8) is 0 Å². The van der Waals surface area contributed by atoms with Crippen LogP contribution in [0.4, 0.5) is 18.9 Å². The van der Waals surface area contributed by atoms with Crippen molar-refractivity contribution in [1.29, 1.82) is 0 Å². The van der Waals surface area contributed by atoms with Crippen LogP contribution in [0.15, 0.2) is 29.3 Å². The van der Waals surface area contributed by atoms with Gasteiger partial charge in [0.15, 0.2) is 0 Å². The van der Waals surface area contributed by atoms with Gasteiger partial charge in [-0.05, 0) is 30.5 Å². The summed E-state index contributed by atoms with van der Waals surface area (Å²) in [5.41, 5.74) is 1.31. The largest absolute Gasteiger partial charge is 0.444 e. The molecule has 0 unspecified atom stereocenters. The van der Waals surface area contributed by atoms with E-state index in [-0.39, 0.29) is 5.69 Å². The zero-order valence-corrected chi connectivity index (χ0v) is 10.1. The topological polar surface area (TPSA) is 12.4 Å². The van der Waals surface area contributed by atoms with Gasteiger partial charge in [0.1, 0.15) is 0 Å². The van der Waals surface area contributed by atoms with E-state index in [9.17, 15) is 13.2 Å². The molecule has 0 radical (unpaired) electrons. The average molecular weight is 264 g/mol. The molecule has 0 saturated carbocycles. The first kappa shape index (κ1) is 14.0. The van der Waals surface area contributed by atoms with Gasteiger partial charge in [-0.15, -0.1) is 0 Å². The minimum absolute atomic E-state index is 0.215. The van der Waals surface area contributed by atoms with Gasteiger partial charge in [-0.1, -0.05) is 37.1 Å². The fourth-order valence-corrected chi connectivity index (χ4v) is 1.39. The van der Waals surface area contributed by atoms with E-state index in [0.29, 0.717) is 0 Å². The number of alkyl halides is 3. The molecule has 0 amide bonds. The molecular formula is C12H13ClF3N. The van der Waals surface area contributed by atoms with Crippen molar-refractivity contribution in [1.82, 2.24) is 0 Å². The van der Waals surface area contributed by atoms with E-state index in [1.165, 1.54) is 0 Å². The molecule has 0 atom stereocenters. The Morgan fingerprint density at radius 1 is 1.24 bits per heavy atom. The van der Waals surface area contributed by atoms with Crippen LogP contribution in [0.3, 0.4) is 0 Å². The maximum atomic E-state index is 12.1. The van der Waals surface area contributed by atoms with Gasteiger partial charge < -0.3 is 0 Å². The first-order valence-electron chi connectivity index (χ1n) is 5.34. The van der Waals surface area contributed by atoms with Crippen LogP contribution in [0.1, 0.15) is 25.3 Å². The van der Waals surface area contributed by atoms with Crippen LogP contribution in [0.5, 0.6) is 0 Å². The average Bonchev–Trinajstić information content (AvgIpc) is 2.27. The number of unbranched alkanes of at least 4 members (excludes halogenated alkanes) is 1. The molecule has 0 heterocycles. The number of aryl methyl sites for hydroxylation is 1. The number of hydrogen-bond acceptors (Lipinski definition) is 1. The van der Waals surface area contributed by atoms with Gasteiger partial charge >= 0.3 is 6.18 Å². The molecule has 0 aliphatic heterocycles. The van der Waals surface area contributed by atoms with Gasteiger partial charge in [-0.25, -0.2) is 4.99 Å². The number of nitrogens with zero attached hydrogens (tertiary/aromatic N) is 1. The highest BCUT2D eigenvalue weighted by Crippen LogP contribution is 2.24. The molecule has 0 aliphatic carbocycles. The maximum Gasteiger partial charge on any atom is 0.444 e. The molecule has 1 aromatic rings. The number of aliphatic imine (C=N–C) groups is 1. The first-order chi connectivity index (χ1) is 7.93. The molecule has 0 saturated heterocycles. The Bertz CT molecular complexity index is 382. The molecular weight excluding hydrogens is 251 g/mol. The molecule has 17 heavy (non-hydrogen) atoms. The lowest BCUT2D eigenvalue weighted by Crippen LogP contribution is -2.16. The third kappa shape index (κ3) is 4.77. The lowest BCUT2D eigenvalue weighted by molar-refractivity contribution is -0.0558. The van der Waals surface area contributed by atoms with Crippen molar-refractivity contribution >= 4 is 22.5 Å². The molecule has 94 valence electrons. The van der Waals surface area contributed by atoms with Gasteiger partial charge in [0, 0.05) is 0 Å². The second-order valence-electron chi connectivity index (χ2n) is 3.67. The number of halogens is 4. The molecule has 0 spiro atoms. The van der Waals surface area contributed by atoms with E-state index >= 15 is 0 Å². The van der Waals surface area contributed by atoms with Crippen LogP contribution < -0.4 is 0 Å². The molecule has 1 nitrogen and oxygen atoms in total. The minimum Gasteiger partial charge on any atom is -0.232 e. The van der Waals surface area contributed by atoms with Crippen LogP contribution in [0, 0.1) is 0 Å². The Morgan fingerprint density at radius 3 is 2.29 bits per heavy atom. The minimum atomic E-state index is -4.58. The Balaban J connectivity index is 2.75. The third-order valence-electron chi connectivity index (χ3n) is 2.22. The van der Waals surface area contributed by atoms with E-state index in [2.05, 4.69) is 11.9 Å². The van der Waals surface area contributed by atoms with E-state index in [1.54, 1.807) is 24.3 Å². The highest BCUT2D eigenvalue weighted by Gasteiger charge is 2.34. The maximum absolute atomic E-state index is 12.1. The lowest BCUT2D eigenvalue weighted by Gasteiger charge is -2.04. The number of hydrogen-bond donors (Lipinski definition) is 0. The summed E-state index contributed by atoms with van der Waals surface area (Å²) < 4.78 is 36.4. The summed E-state index contributed by atoms with van der Waals surface area (Å²) in [5, 5.41) is -1.35. The predicted molar refractivity (Wildman–Crippen MR) is 64.1 cm³/mol. The summed E-state index contributed by atoms with van der Waals surface area (Å²) in [5.74, 6) is 0. The summed E-state index contributed by atoms with van der Waals surface area (Å²) in [4.78, 5) is 3.31. The molecule has 1 aromatic carbocycles. The Kier molecular flexibility index (Phi) is 5.00. The summed E-state index contributed by atoms with van der Waals surface area (Å²) in [6, 6.07) is 6.63. The summed E-state index contributed by atoms with van der Waals surface area (Å²) >= 11 is 5.04. The van der Waals surface area contributed by atoms with Crippen molar-refractivity contribution in [3.05, 3.63) is 29.8 Å². The van der Waals surface area contributed by atoms with Gasteiger partial charge in [0.05, 0.1) is 5.69 Å². The molecule has 1 rings (SSSR count). The normalized spacial score (nSPS) is 12.9.